The molecule has 1 heterocycles. The zero-order valence-corrected chi connectivity index (χ0v) is 11.0. The Kier molecular flexibility index (Phi) is 3.84. The molecule has 1 aromatic carbocycles. The van der Waals surface area contributed by atoms with Crippen molar-refractivity contribution in [1.82, 2.24) is 5.32 Å². The summed E-state index contributed by atoms with van der Waals surface area (Å²) in [5.74, 6) is 0.736. The highest BCUT2D eigenvalue weighted by Gasteiger charge is 2.14. The van der Waals surface area contributed by atoms with Gasteiger partial charge in [-0.2, -0.15) is 0 Å². The van der Waals surface area contributed by atoms with Crippen molar-refractivity contribution in [1.29, 1.82) is 0 Å². The van der Waals surface area contributed by atoms with Gasteiger partial charge in [0.2, 0.25) is 0 Å². The van der Waals surface area contributed by atoms with Crippen molar-refractivity contribution >= 4 is 9.84 Å². The number of hydrogen-bond acceptors (Lipinski definition) is 3. The Morgan fingerprint density at radius 1 is 1.18 bits per heavy atom. The highest BCUT2D eigenvalue weighted by Crippen LogP contribution is 2.19. The Hall–Kier alpha value is -0.870. The van der Waals surface area contributed by atoms with Crippen LogP contribution >= 0.6 is 0 Å². The predicted octanol–water partition coefficient (Wildman–Crippen LogP) is 1.63. The highest BCUT2D eigenvalue weighted by molar-refractivity contribution is 7.90. The van der Waals surface area contributed by atoms with Crippen molar-refractivity contribution in [3.8, 4) is 0 Å². The Bertz CT molecular complexity index is 459. The summed E-state index contributed by atoms with van der Waals surface area (Å²) >= 11 is 0. The maximum Gasteiger partial charge on any atom is 0.175 e. The number of sulfone groups is 1. The van der Waals surface area contributed by atoms with Gasteiger partial charge in [0, 0.05) is 6.26 Å². The van der Waals surface area contributed by atoms with Gasteiger partial charge in [0.05, 0.1) is 4.90 Å². The van der Waals surface area contributed by atoms with Crippen LogP contribution in [0.25, 0.3) is 0 Å². The lowest BCUT2D eigenvalue weighted by Gasteiger charge is -2.22. The van der Waals surface area contributed by atoms with Gasteiger partial charge in [-0.15, -0.1) is 0 Å². The topological polar surface area (TPSA) is 46.2 Å². The molecule has 1 aromatic rings. The van der Waals surface area contributed by atoms with E-state index in [1.54, 1.807) is 12.1 Å². The zero-order valence-electron chi connectivity index (χ0n) is 10.1. The smallest absolute Gasteiger partial charge is 0.175 e. The number of hydrogen-bond donors (Lipinski definition) is 1. The third kappa shape index (κ3) is 3.54. The Balaban J connectivity index is 2.03. The van der Waals surface area contributed by atoms with Gasteiger partial charge < -0.3 is 5.32 Å². The van der Waals surface area contributed by atoms with Crippen molar-refractivity contribution in [2.75, 3.05) is 19.3 Å². The molecule has 0 aliphatic carbocycles. The van der Waals surface area contributed by atoms with Crippen molar-refractivity contribution in [2.45, 2.75) is 24.2 Å². The number of piperidine rings is 1. The third-order valence-corrected chi connectivity index (χ3v) is 4.46. The molecule has 0 radical (unpaired) electrons. The predicted molar refractivity (Wildman–Crippen MR) is 68.8 cm³/mol. The molecule has 94 valence electrons. The maximum atomic E-state index is 11.3. The quantitative estimate of drug-likeness (QED) is 0.890. The van der Waals surface area contributed by atoms with Gasteiger partial charge >= 0.3 is 0 Å². The molecule has 4 heteroatoms. The minimum absolute atomic E-state index is 0.409. The van der Waals surface area contributed by atoms with E-state index >= 15 is 0 Å². The van der Waals surface area contributed by atoms with E-state index in [1.165, 1.54) is 24.7 Å². The van der Waals surface area contributed by atoms with E-state index in [0.29, 0.717) is 4.90 Å². The average Bonchev–Trinajstić information content (AvgIpc) is 2.30. The zero-order chi connectivity index (χ0) is 12.3. The van der Waals surface area contributed by atoms with Crippen LogP contribution in [0.3, 0.4) is 0 Å². The van der Waals surface area contributed by atoms with E-state index in [9.17, 15) is 8.42 Å². The van der Waals surface area contributed by atoms with E-state index in [0.717, 1.165) is 25.4 Å². The maximum absolute atomic E-state index is 11.3. The van der Waals surface area contributed by atoms with Crippen LogP contribution in [0.2, 0.25) is 0 Å². The molecule has 1 N–H and O–H groups in total. The SMILES string of the molecule is CS(=O)(=O)c1ccc(CC2CCNCC2)cc1. The second kappa shape index (κ2) is 5.19. The Morgan fingerprint density at radius 3 is 2.29 bits per heavy atom. The first kappa shape index (κ1) is 12.6. The van der Waals surface area contributed by atoms with Crippen molar-refractivity contribution in [3.63, 3.8) is 0 Å². The minimum atomic E-state index is -3.06. The molecule has 1 saturated heterocycles. The van der Waals surface area contributed by atoms with Crippen LogP contribution in [0.15, 0.2) is 29.2 Å². The Morgan fingerprint density at radius 2 is 1.76 bits per heavy atom. The number of rotatable bonds is 3. The standard InChI is InChI=1S/C13H19NO2S/c1-17(15,16)13-4-2-11(3-5-13)10-12-6-8-14-9-7-12/h2-5,12,14H,6-10H2,1H3. The molecule has 0 spiro atoms. The largest absolute Gasteiger partial charge is 0.317 e. The summed E-state index contributed by atoms with van der Waals surface area (Å²) in [5.41, 5.74) is 1.24. The highest BCUT2D eigenvalue weighted by atomic mass is 32.2. The molecular weight excluding hydrogens is 234 g/mol. The first-order valence-corrected chi connectivity index (χ1v) is 7.94. The number of benzene rings is 1. The number of nitrogens with one attached hydrogen (secondary N) is 1. The van der Waals surface area contributed by atoms with Gasteiger partial charge in [-0.25, -0.2) is 8.42 Å². The second-order valence-corrected chi connectivity index (χ2v) is 6.83. The molecule has 0 atom stereocenters. The average molecular weight is 253 g/mol. The van der Waals surface area contributed by atoms with Gasteiger partial charge in [0.15, 0.2) is 9.84 Å². The summed E-state index contributed by atoms with van der Waals surface area (Å²) in [6, 6.07) is 7.31. The van der Waals surface area contributed by atoms with Crippen LogP contribution in [0.4, 0.5) is 0 Å². The molecule has 1 aliphatic rings. The van der Waals surface area contributed by atoms with Gasteiger partial charge in [-0.1, -0.05) is 12.1 Å². The van der Waals surface area contributed by atoms with Gasteiger partial charge in [0.25, 0.3) is 0 Å². The first-order valence-electron chi connectivity index (χ1n) is 6.05. The fourth-order valence-electron chi connectivity index (χ4n) is 2.29. The molecule has 0 amide bonds. The molecule has 0 unspecified atom stereocenters. The molecule has 3 nitrogen and oxygen atoms in total. The van der Waals surface area contributed by atoms with E-state index in [1.807, 2.05) is 12.1 Å². The lowest BCUT2D eigenvalue weighted by molar-refractivity contribution is 0.372. The van der Waals surface area contributed by atoms with Gasteiger partial charge in [-0.3, -0.25) is 0 Å². The summed E-state index contributed by atoms with van der Waals surface area (Å²) in [6.07, 6.45) is 4.74. The van der Waals surface area contributed by atoms with Crippen molar-refractivity contribution < 1.29 is 8.42 Å². The molecule has 17 heavy (non-hydrogen) atoms. The van der Waals surface area contributed by atoms with Gasteiger partial charge in [0.1, 0.15) is 0 Å². The first-order chi connectivity index (χ1) is 8.05. The molecule has 1 aliphatic heterocycles. The monoisotopic (exact) mass is 253 g/mol. The molecule has 0 saturated carbocycles. The van der Waals surface area contributed by atoms with E-state index < -0.39 is 9.84 Å². The fraction of sp³-hybridized carbons (Fsp3) is 0.538. The Labute approximate surface area is 103 Å². The lowest BCUT2D eigenvalue weighted by atomic mass is 9.91. The normalized spacial score (nSPS) is 18.2. The van der Waals surface area contributed by atoms with Crippen LogP contribution in [-0.2, 0) is 16.3 Å². The summed E-state index contributed by atoms with van der Waals surface area (Å²) in [5, 5.41) is 3.35. The van der Waals surface area contributed by atoms with Crippen LogP contribution in [0.1, 0.15) is 18.4 Å². The molecule has 2 rings (SSSR count). The molecular formula is C13H19NO2S. The van der Waals surface area contributed by atoms with Crippen molar-refractivity contribution in [2.24, 2.45) is 5.92 Å². The molecule has 0 aromatic heterocycles. The van der Waals surface area contributed by atoms with Crippen LogP contribution < -0.4 is 5.32 Å². The van der Waals surface area contributed by atoms with Crippen LogP contribution in [0.5, 0.6) is 0 Å². The fourth-order valence-corrected chi connectivity index (χ4v) is 2.92. The summed E-state index contributed by atoms with van der Waals surface area (Å²) in [4.78, 5) is 0.409. The molecule has 1 fully saturated rings. The summed E-state index contributed by atoms with van der Waals surface area (Å²) in [7, 11) is -3.06. The summed E-state index contributed by atoms with van der Waals surface area (Å²) in [6.45, 7) is 2.21. The summed E-state index contributed by atoms with van der Waals surface area (Å²) < 4.78 is 22.7. The second-order valence-electron chi connectivity index (χ2n) is 4.81. The van der Waals surface area contributed by atoms with Crippen molar-refractivity contribution in [3.05, 3.63) is 29.8 Å². The van der Waals surface area contributed by atoms with Crippen LogP contribution in [0, 0.1) is 5.92 Å². The van der Waals surface area contributed by atoms with E-state index in [-0.39, 0.29) is 0 Å². The third-order valence-electron chi connectivity index (χ3n) is 3.33. The lowest BCUT2D eigenvalue weighted by Crippen LogP contribution is -2.28. The van der Waals surface area contributed by atoms with Gasteiger partial charge in [-0.05, 0) is 56.0 Å². The minimum Gasteiger partial charge on any atom is -0.317 e. The molecule has 0 bridgehead atoms. The van der Waals surface area contributed by atoms with E-state index in [4.69, 9.17) is 0 Å². The van der Waals surface area contributed by atoms with Crippen LogP contribution in [-0.4, -0.2) is 27.8 Å². The van der Waals surface area contributed by atoms with E-state index in [2.05, 4.69) is 5.32 Å².